The summed E-state index contributed by atoms with van der Waals surface area (Å²) in [5.41, 5.74) is 8.30. The molecule has 0 saturated carbocycles. The highest BCUT2D eigenvalue weighted by molar-refractivity contribution is 7.13. The smallest absolute Gasteiger partial charge is 0.227 e. The van der Waals surface area contributed by atoms with E-state index in [0.29, 0.717) is 25.9 Å². The Morgan fingerprint density at radius 1 is 1.13 bits per heavy atom. The highest BCUT2D eigenvalue weighted by Gasteiger charge is 2.42. The van der Waals surface area contributed by atoms with Crippen molar-refractivity contribution < 1.29 is 9.59 Å². The topological polar surface area (TPSA) is 76.3 Å². The van der Waals surface area contributed by atoms with Crippen molar-refractivity contribution in [1.29, 1.82) is 0 Å². The number of nitrogens with zero attached hydrogens (tertiary/aromatic N) is 2. The number of pyridine rings is 1. The minimum absolute atomic E-state index is 0.0138. The predicted octanol–water partition coefficient (Wildman–Crippen LogP) is 3.69. The van der Waals surface area contributed by atoms with Crippen LogP contribution in [0.3, 0.4) is 0 Å². The van der Waals surface area contributed by atoms with Gasteiger partial charge in [-0.15, -0.1) is 11.3 Å². The van der Waals surface area contributed by atoms with Gasteiger partial charge in [-0.25, -0.2) is 0 Å². The van der Waals surface area contributed by atoms with Gasteiger partial charge in [0.15, 0.2) is 0 Å². The molecule has 2 aromatic heterocycles. The van der Waals surface area contributed by atoms with E-state index in [9.17, 15) is 9.59 Å². The van der Waals surface area contributed by atoms with Crippen LogP contribution in [-0.4, -0.2) is 34.8 Å². The van der Waals surface area contributed by atoms with Gasteiger partial charge >= 0.3 is 0 Å². The lowest BCUT2D eigenvalue weighted by atomic mass is 9.73. The van der Waals surface area contributed by atoms with Crippen LogP contribution < -0.4 is 5.73 Å². The average Bonchev–Trinajstić information content (AvgIpc) is 3.30. The van der Waals surface area contributed by atoms with Crippen LogP contribution >= 0.6 is 11.3 Å². The summed E-state index contributed by atoms with van der Waals surface area (Å²) < 4.78 is 0. The second kappa shape index (κ2) is 8.79. The molecule has 1 aromatic carbocycles. The quantitative estimate of drug-likeness (QED) is 0.662. The van der Waals surface area contributed by atoms with Gasteiger partial charge in [-0.3, -0.25) is 14.6 Å². The molecule has 1 saturated heterocycles. The number of thiophene rings is 1. The minimum Gasteiger partial charge on any atom is -0.369 e. The van der Waals surface area contributed by atoms with E-state index in [1.165, 1.54) is 4.88 Å². The second-order valence-electron chi connectivity index (χ2n) is 7.91. The summed E-state index contributed by atoms with van der Waals surface area (Å²) >= 11 is 1.68. The lowest BCUT2D eigenvalue weighted by Crippen LogP contribution is -2.53. The molecule has 1 aliphatic heterocycles. The highest BCUT2D eigenvalue weighted by atomic mass is 32.1. The molecule has 3 heterocycles. The second-order valence-corrected chi connectivity index (χ2v) is 8.86. The van der Waals surface area contributed by atoms with E-state index in [4.69, 9.17) is 5.73 Å². The lowest BCUT2D eigenvalue weighted by Gasteiger charge is -2.41. The Bertz CT molecular complexity index is 1020. The summed E-state index contributed by atoms with van der Waals surface area (Å²) in [6.07, 6.45) is 5.68. The van der Waals surface area contributed by atoms with E-state index >= 15 is 0 Å². The molecule has 0 radical (unpaired) electrons. The zero-order valence-electron chi connectivity index (χ0n) is 16.8. The lowest BCUT2D eigenvalue weighted by molar-refractivity contribution is -0.139. The monoisotopic (exact) mass is 419 g/mol. The molecule has 4 rings (SSSR count). The molecule has 0 spiro atoms. The highest BCUT2D eigenvalue weighted by Crippen LogP contribution is 2.37. The Balaban J connectivity index is 1.57. The summed E-state index contributed by atoms with van der Waals surface area (Å²) in [6.45, 7) is 1.01. The van der Waals surface area contributed by atoms with Crippen LogP contribution in [0, 0.1) is 5.41 Å². The molecule has 5 nitrogen and oxygen atoms in total. The van der Waals surface area contributed by atoms with Crippen LogP contribution in [0.15, 0.2) is 66.3 Å². The SMILES string of the molecule is NC(=O)C1(Cc2ccccc2-c2cccs2)CCCN(C(=O)Cc2cccnc2)C1. The van der Waals surface area contributed by atoms with Crippen molar-refractivity contribution in [2.24, 2.45) is 11.1 Å². The first-order chi connectivity index (χ1) is 14.6. The third-order valence-electron chi connectivity index (χ3n) is 5.86. The zero-order chi connectivity index (χ0) is 21.0. The molecule has 2 N–H and O–H groups in total. The van der Waals surface area contributed by atoms with Gasteiger partial charge in [0, 0.05) is 30.4 Å². The van der Waals surface area contributed by atoms with E-state index in [0.717, 1.165) is 23.1 Å². The number of primary amides is 1. The third kappa shape index (κ3) is 4.28. The first kappa shape index (κ1) is 20.3. The van der Waals surface area contributed by atoms with Gasteiger partial charge in [-0.1, -0.05) is 36.4 Å². The van der Waals surface area contributed by atoms with Crippen molar-refractivity contribution in [1.82, 2.24) is 9.88 Å². The summed E-state index contributed by atoms with van der Waals surface area (Å²) in [5, 5.41) is 2.05. The van der Waals surface area contributed by atoms with E-state index in [2.05, 4.69) is 28.6 Å². The van der Waals surface area contributed by atoms with E-state index < -0.39 is 5.41 Å². The summed E-state index contributed by atoms with van der Waals surface area (Å²) in [5.74, 6) is -0.317. The fraction of sp³-hybridized carbons (Fsp3) is 0.292. The fourth-order valence-corrected chi connectivity index (χ4v) is 5.06. The average molecular weight is 420 g/mol. The largest absolute Gasteiger partial charge is 0.369 e. The molecule has 2 amide bonds. The number of hydrogen-bond acceptors (Lipinski definition) is 4. The molecule has 30 heavy (non-hydrogen) atoms. The maximum atomic E-state index is 12.9. The number of nitrogens with two attached hydrogens (primary N) is 1. The number of likely N-dealkylation sites (tertiary alicyclic amines) is 1. The Labute approximate surface area is 180 Å². The first-order valence-electron chi connectivity index (χ1n) is 10.2. The number of benzene rings is 1. The molecule has 1 fully saturated rings. The van der Waals surface area contributed by atoms with Crippen LogP contribution in [0.1, 0.15) is 24.0 Å². The minimum atomic E-state index is -0.754. The molecule has 1 atom stereocenters. The van der Waals surface area contributed by atoms with Crippen molar-refractivity contribution in [3.8, 4) is 10.4 Å². The summed E-state index contributed by atoms with van der Waals surface area (Å²) in [4.78, 5) is 32.7. The number of hydrogen-bond donors (Lipinski definition) is 1. The molecular weight excluding hydrogens is 394 g/mol. The van der Waals surface area contributed by atoms with Crippen molar-refractivity contribution in [2.75, 3.05) is 13.1 Å². The van der Waals surface area contributed by atoms with Gasteiger partial charge in [0.05, 0.1) is 11.8 Å². The Morgan fingerprint density at radius 3 is 2.73 bits per heavy atom. The maximum absolute atomic E-state index is 12.9. The normalized spacial score (nSPS) is 18.9. The van der Waals surface area contributed by atoms with Crippen LogP contribution in [0.2, 0.25) is 0 Å². The molecule has 3 aromatic rings. The number of carbonyl (C=O) groups is 2. The van der Waals surface area contributed by atoms with Gasteiger partial charge in [0.25, 0.3) is 0 Å². The molecular formula is C24H25N3O2S. The molecule has 154 valence electrons. The predicted molar refractivity (Wildman–Crippen MR) is 119 cm³/mol. The summed E-state index contributed by atoms with van der Waals surface area (Å²) in [7, 11) is 0. The molecule has 0 bridgehead atoms. The number of carbonyl (C=O) groups excluding carboxylic acids is 2. The van der Waals surface area contributed by atoms with E-state index in [1.54, 1.807) is 28.6 Å². The van der Waals surface area contributed by atoms with Crippen LogP contribution in [-0.2, 0) is 22.4 Å². The fourth-order valence-electron chi connectivity index (χ4n) is 4.28. The van der Waals surface area contributed by atoms with Gasteiger partial charge in [0.1, 0.15) is 0 Å². The first-order valence-corrected chi connectivity index (χ1v) is 11.0. The van der Waals surface area contributed by atoms with E-state index in [-0.39, 0.29) is 18.2 Å². The van der Waals surface area contributed by atoms with Crippen molar-refractivity contribution in [2.45, 2.75) is 25.7 Å². The van der Waals surface area contributed by atoms with Crippen LogP contribution in [0.5, 0.6) is 0 Å². The van der Waals surface area contributed by atoms with Crippen molar-refractivity contribution in [3.63, 3.8) is 0 Å². The van der Waals surface area contributed by atoms with Crippen LogP contribution in [0.25, 0.3) is 10.4 Å². The number of aromatic nitrogens is 1. The summed E-state index contributed by atoms with van der Waals surface area (Å²) in [6, 6.07) is 16.0. The van der Waals surface area contributed by atoms with E-state index in [1.807, 2.05) is 30.3 Å². The van der Waals surface area contributed by atoms with Gasteiger partial charge in [0.2, 0.25) is 11.8 Å². The van der Waals surface area contributed by atoms with Gasteiger partial charge in [-0.05, 0) is 53.5 Å². The van der Waals surface area contributed by atoms with Crippen LogP contribution in [0.4, 0.5) is 0 Å². The molecule has 1 aliphatic rings. The maximum Gasteiger partial charge on any atom is 0.227 e. The van der Waals surface area contributed by atoms with Crippen molar-refractivity contribution in [3.05, 3.63) is 77.4 Å². The van der Waals surface area contributed by atoms with Gasteiger partial charge < -0.3 is 10.6 Å². The molecule has 0 aliphatic carbocycles. The number of piperidine rings is 1. The number of rotatable bonds is 6. The Hall–Kier alpha value is -2.99. The molecule has 1 unspecified atom stereocenters. The number of amides is 2. The standard InChI is InChI=1S/C24H25N3O2S/c25-23(29)24(15-19-7-1-2-8-20(19)21-9-4-13-30-21)10-5-12-27(17-24)22(28)14-18-6-3-11-26-16-18/h1-4,6-9,11,13,16H,5,10,12,14-15,17H2,(H2,25,29). The Kier molecular flexibility index (Phi) is 5.95. The van der Waals surface area contributed by atoms with Crippen molar-refractivity contribution >= 4 is 23.2 Å². The third-order valence-corrected chi connectivity index (χ3v) is 6.77. The van der Waals surface area contributed by atoms with Gasteiger partial charge in [-0.2, -0.15) is 0 Å². The molecule has 6 heteroatoms. The Morgan fingerprint density at radius 2 is 2.00 bits per heavy atom. The zero-order valence-corrected chi connectivity index (χ0v) is 17.6.